The molecule has 1 aromatic carbocycles. The molecule has 0 aliphatic carbocycles. The van der Waals surface area contributed by atoms with Gasteiger partial charge in [-0.3, -0.25) is 9.79 Å². The van der Waals surface area contributed by atoms with Gasteiger partial charge in [0.2, 0.25) is 5.75 Å². The van der Waals surface area contributed by atoms with Crippen molar-refractivity contribution < 1.29 is 23.7 Å². The molecule has 20 heavy (non-hydrogen) atoms. The third-order valence-corrected chi connectivity index (χ3v) is 2.63. The van der Waals surface area contributed by atoms with Crippen LogP contribution in [0.3, 0.4) is 0 Å². The zero-order valence-electron chi connectivity index (χ0n) is 12.1. The lowest BCUT2D eigenvalue weighted by molar-refractivity contribution is -0.138. The number of hydrogen-bond acceptors (Lipinski definition) is 6. The van der Waals surface area contributed by atoms with Gasteiger partial charge in [-0.2, -0.15) is 0 Å². The first kappa shape index (κ1) is 15.8. The smallest absolute Gasteiger partial charge is 0.327 e. The number of carbonyl (C=O) groups is 1. The van der Waals surface area contributed by atoms with Gasteiger partial charge in [-0.1, -0.05) is 0 Å². The van der Waals surface area contributed by atoms with Gasteiger partial charge in [-0.25, -0.2) is 0 Å². The summed E-state index contributed by atoms with van der Waals surface area (Å²) in [6.45, 7) is 0.0148. The maximum atomic E-state index is 10.9. The van der Waals surface area contributed by atoms with Crippen LogP contribution in [0.15, 0.2) is 17.1 Å². The first-order chi connectivity index (χ1) is 9.65. The average molecular weight is 281 g/mol. The van der Waals surface area contributed by atoms with Crippen LogP contribution in [0.4, 0.5) is 0 Å². The van der Waals surface area contributed by atoms with E-state index >= 15 is 0 Å². The van der Waals surface area contributed by atoms with Crippen molar-refractivity contribution >= 4 is 12.2 Å². The molecular formula is C14H19NO5. The number of esters is 1. The number of nitrogens with zero attached hydrogens (tertiary/aromatic N) is 1. The van der Waals surface area contributed by atoms with Crippen LogP contribution in [0.2, 0.25) is 0 Å². The molecule has 1 aromatic rings. The molecule has 0 N–H and O–H groups in total. The number of carbonyl (C=O) groups excluding carboxylic acids is 1. The molecule has 0 fully saturated rings. The topological polar surface area (TPSA) is 66.4 Å². The fourth-order valence-electron chi connectivity index (χ4n) is 1.63. The van der Waals surface area contributed by atoms with Gasteiger partial charge in [-0.05, 0) is 17.7 Å². The Hall–Kier alpha value is -2.24. The summed E-state index contributed by atoms with van der Waals surface area (Å²) in [6.07, 6.45) is 2.20. The Balaban J connectivity index is 2.83. The van der Waals surface area contributed by atoms with Gasteiger partial charge in [0.1, 0.15) is 6.54 Å². The van der Waals surface area contributed by atoms with E-state index in [9.17, 15) is 4.79 Å². The van der Waals surface area contributed by atoms with Crippen LogP contribution in [-0.2, 0) is 16.0 Å². The van der Waals surface area contributed by atoms with E-state index in [0.717, 1.165) is 5.56 Å². The lowest BCUT2D eigenvalue weighted by Crippen LogP contribution is -2.04. The van der Waals surface area contributed by atoms with Crippen LogP contribution in [0.1, 0.15) is 5.56 Å². The maximum Gasteiger partial charge on any atom is 0.327 e. The summed E-state index contributed by atoms with van der Waals surface area (Å²) in [7, 11) is 6.01. The molecule has 0 radical (unpaired) electrons. The molecule has 110 valence electrons. The normalized spacial score (nSPS) is 10.4. The highest BCUT2D eigenvalue weighted by molar-refractivity contribution is 5.74. The van der Waals surface area contributed by atoms with Crippen molar-refractivity contribution in [1.29, 1.82) is 0 Å². The average Bonchev–Trinajstić information content (AvgIpc) is 2.49. The summed E-state index contributed by atoms with van der Waals surface area (Å²) in [5.41, 5.74) is 0.938. The highest BCUT2D eigenvalue weighted by Crippen LogP contribution is 2.38. The van der Waals surface area contributed by atoms with Crippen LogP contribution in [0.25, 0.3) is 0 Å². The van der Waals surface area contributed by atoms with Gasteiger partial charge in [0.05, 0.1) is 28.4 Å². The minimum atomic E-state index is -0.369. The zero-order chi connectivity index (χ0) is 15.0. The molecule has 0 amide bonds. The molecule has 1 rings (SSSR count). The third-order valence-electron chi connectivity index (χ3n) is 2.63. The molecule has 0 unspecified atom stereocenters. The molecule has 0 atom stereocenters. The van der Waals surface area contributed by atoms with Gasteiger partial charge in [-0.15, -0.1) is 0 Å². The predicted molar refractivity (Wildman–Crippen MR) is 75.2 cm³/mol. The largest absolute Gasteiger partial charge is 0.493 e. The van der Waals surface area contributed by atoms with E-state index in [4.69, 9.17) is 14.2 Å². The highest BCUT2D eigenvalue weighted by Gasteiger charge is 2.12. The molecule has 6 heteroatoms. The first-order valence-corrected chi connectivity index (χ1v) is 6.00. The van der Waals surface area contributed by atoms with Crippen LogP contribution < -0.4 is 14.2 Å². The van der Waals surface area contributed by atoms with Gasteiger partial charge in [0.15, 0.2) is 11.5 Å². The molecule has 0 saturated heterocycles. The number of aliphatic imine (C=N–C) groups is 1. The number of methoxy groups -OCH3 is 4. The van der Waals surface area contributed by atoms with Crippen molar-refractivity contribution in [3.05, 3.63) is 17.7 Å². The predicted octanol–water partition coefficient (Wildman–Crippen LogP) is 1.50. The summed E-state index contributed by atoms with van der Waals surface area (Å²) in [5.74, 6) is 1.35. The second-order valence-electron chi connectivity index (χ2n) is 3.84. The molecule has 0 heterocycles. The fourth-order valence-corrected chi connectivity index (χ4v) is 1.63. The number of hydrogen-bond donors (Lipinski definition) is 0. The molecule has 6 nitrogen and oxygen atoms in total. The lowest BCUT2D eigenvalue weighted by Gasteiger charge is -2.13. The SMILES string of the molecule is COC(=O)CN=CCc1cc(OC)c(OC)c(OC)c1. The zero-order valence-corrected chi connectivity index (χ0v) is 12.1. The first-order valence-electron chi connectivity index (χ1n) is 6.00. The van der Waals surface area contributed by atoms with Crippen LogP contribution in [0, 0.1) is 0 Å². The van der Waals surface area contributed by atoms with Crippen molar-refractivity contribution in [3.63, 3.8) is 0 Å². The molecule has 0 aliphatic heterocycles. The Morgan fingerprint density at radius 1 is 1.10 bits per heavy atom. The molecule has 0 saturated carbocycles. The molecule has 0 aromatic heterocycles. The monoisotopic (exact) mass is 281 g/mol. The summed E-state index contributed by atoms with van der Waals surface area (Å²) >= 11 is 0. The van der Waals surface area contributed by atoms with E-state index in [-0.39, 0.29) is 12.5 Å². The van der Waals surface area contributed by atoms with E-state index in [2.05, 4.69) is 9.73 Å². The number of ether oxygens (including phenoxy) is 4. The van der Waals surface area contributed by atoms with Crippen molar-refractivity contribution in [3.8, 4) is 17.2 Å². The van der Waals surface area contributed by atoms with Crippen molar-refractivity contribution in [2.75, 3.05) is 35.0 Å². The number of benzene rings is 1. The van der Waals surface area contributed by atoms with Crippen LogP contribution >= 0.6 is 0 Å². The lowest BCUT2D eigenvalue weighted by atomic mass is 10.1. The Morgan fingerprint density at radius 3 is 2.15 bits per heavy atom. The highest BCUT2D eigenvalue weighted by atomic mass is 16.5. The summed E-state index contributed by atoms with van der Waals surface area (Å²) < 4.78 is 20.3. The van der Waals surface area contributed by atoms with E-state index in [1.54, 1.807) is 27.5 Å². The Bertz CT molecular complexity index is 459. The van der Waals surface area contributed by atoms with Crippen molar-refractivity contribution in [2.45, 2.75) is 6.42 Å². The molecule has 0 spiro atoms. The third kappa shape index (κ3) is 4.15. The van der Waals surface area contributed by atoms with Crippen LogP contribution in [-0.4, -0.2) is 47.2 Å². The Labute approximate surface area is 118 Å². The quantitative estimate of drug-likeness (QED) is 0.559. The minimum Gasteiger partial charge on any atom is -0.493 e. The fraction of sp³-hybridized carbons (Fsp3) is 0.429. The second kappa shape index (κ2) is 8.04. The number of rotatable bonds is 7. The second-order valence-corrected chi connectivity index (χ2v) is 3.84. The molecular weight excluding hydrogens is 262 g/mol. The summed E-state index contributed by atoms with van der Waals surface area (Å²) in [4.78, 5) is 14.9. The summed E-state index contributed by atoms with van der Waals surface area (Å²) in [5, 5.41) is 0. The summed E-state index contributed by atoms with van der Waals surface area (Å²) in [6, 6.07) is 3.68. The molecule has 0 bridgehead atoms. The maximum absolute atomic E-state index is 10.9. The molecule has 0 aliphatic rings. The van der Waals surface area contributed by atoms with Crippen molar-refractivity contribution in [2.24, 2.45) is 4.99 Å². The van der Waals surface area contributed by atoms with Crippen molar-refractivity contribution in [1.82, 2.24) is 0 Å². The van der Waals surface area contributed by atoms with E-state index in [0.29, 0.717) is 23.7 Å². The van der Waals surface area contributed by atoms with Crippen LogP contribution in [0.5, 0.6) is 17.2 Å². The Kier molecular flexibility index (Phi) is 6.36. The van der Waals surface area contributed by atoms with Gasteiger partial charge >= 0.3 is 5.97 Å². The Morgan fingerprint density at radius 2 is 1.70 bits per heavy atom. The van der Waals surface area contributed by atoms with Gasteiger partial charge < -0.3 is 18.9 Å². The van der Waals surface area contributed by atoms with E-state index in [1.807, 2.05) is 12.1 Å². The van der Waals surface area contributed by atoms with E-state index in [1.165, 1.54) is 7.11 Å². The van der Waals surface area contributed by atoms with Gasteiger partial charge in [0.25, 0.3) is 0 Å². The standard InChI is InChI=1S/C14H19NO5/c1-17-11-7-10(5-6-15-9-13(16)19-3)8-12(18-2)14(11)20-4/h6-8H,5,9H2,1-4H3. The minimum absolute atomic E-state index is 0.0148. The van der Waals surface area contributed by atoms with Gasteiger partial charge in [0, 0.05) is 12.6 Å². The van der Waals surface area contributed by atoms with E-state index < -0.39 is 0 Å².